The Balaban J connectivity index is 1.95. The Morgan fingerprint density at radius 2 is 1.50 bits per heavy atom. The smallest absolute Gasteiger partial charge is 0.153 e. The number of thioether (sulfide) groups is 1. The summed E-state index contributed by atoms with van der Waals surface area (Å²) in [6, 6.07) is 8.15. The third kappa shape index (κ3) is 12.2. The lowest BCUT2D eigenvalue weighted by atomic mass is 10.1. The first kappa shape index (κ1) is 22.9. The molecule has 1 aromatic carbocycles. The Bertz CT molecular complexity index is 474. The van der Waals surface area contributed by atoms with Crippen molar-refractivity contribution in [2.45, 2.75) is 77.6 Å². The van der Waals surface area contributed by atoms with Crippen LogP contribution in [0, 0.1) is 0 Å². The van der Waals surface area contributed by atoms with E-state index in [9.17, 15) is 0 Å². The molecule has 0 saturated heterocycles. The van der Waals surface area contributed by atoms with Gasteiger partial charge in [-0.25, -0.2) is 0 Å². The number of ether oxygens (including phenoxy) is 1. The topological polar surface area (TPSA) is 47.6 Å². The first-order chi connectivity index (χ1) is 12.8. The molecular weight excluding hydrogens is 340 g/mol. The maximum absolute atomic E-state index is 6.00. The van der Waals surface area contributed by atoms with Crippen molar-refractivity contribution in [2.75, 3.05) is 19.4 Å². The summed E-state index contributed by atoms with van der Waals surface area (Å²) in [5.74, 6) is 1.98. The number of methoxy groups -OCH3 is 1. The lowest BCUT2D eigenvalue weighted by Gasteiger charge is -2.04. The first-order valence-electron chi connectivity index (χ1n) is 10.3. The van der Waals surface area contributed by atoms with Crippen molar-refractivity contribution in [1.82, 2.24) is 0 Å². The van der Waals surface area contributed by atoms with Gasteiger partial charge in [0.15, 0.2) is 5.17 Å². The molecule has 3 nitrogen and oxygen atoms in total. The molecule has 0 bridgehead atoms. The number of unbranched alkanes of at least 4 members (excludes halogenated alkanes) is 9. The average molecular weight is 379 g/mol. The third-order valence-corrected chi connectivity index (χ3v) is 5.49. The summed E-state index contributed by atoms with van der Waals surface area (Å²) in [7, 11) is 1.69. The molecule has 0 aromatic heterocycles. The van der Waals surface area contributed by atoms with Crippen LogP contribution in [-0.2, 0) is 6.42 Å². The fourth-order valence-electron chi connectivity index (χ4n) is 2.90. The molecule has 0 heterocycles. The zero-order chi connectivity index (χ0) is 18.9. The lowest BCUT2D eigenvalue weighted by molar-refractivity contribution is 0.414. The van der Waals surface area contributed by atoms with E-state index in [-0.39, 0.29) is 0 Å². The maximum Gasteiger partial charge on any atom is 0.153 e. The van der Waals surface area contributed by atoms with Gasteiger partial charge in [0.1, 0.15) is 5.75 Å². The van der Waals surface area contributed by atoms with Crippen LogP contribution in [-0.4, -0.2) is 24.6 Å². The van der Waals surface area contributed by atoms with Gasteiger partial charge in [-0.2, -0.15) is 0 Å². The summed E-state index contributed by atoms with van der Waals surface area (Å²) in [6.07, 6.45) is 14.7. The Morgan fingerprint density at radius 1 is 0.923 bits per heavy atom. The molecule has 0 aliphatic rings. The summed E-state index contributed by atoms with van der Waals surface area (Å²) in [5.41, 5.74) is 7.26. The van der Waals surface area contributed by atoms with Crippen molar-refractivity contribution in [1.29, 1.82) is 0 Å². The Labute approximate surface area is 165 Å². The van der Waals surface area contributed by atoms with Crippen LogP contribution in [0.5, 0.6) is 5.75 Å². The standard InChI is InChI=1S/C22H38N2OS/c1-3-4-5-6-7-8-9-10-11-12-19-26-22(23)24-18-17-20-13-15-21(25-2)16-14-20/h13-16H,3-12,17-19H2,1-2H3,(H2,23,24). The lowest BCUT2D eigenvalue weighted by Crippen LogP contribution is -2.09. The van der Waals surface area contributed by atoms with E-state index >= 15 is 0 Å². The highest BCUT2D eigenvalue weighted by Gasteiger charge is 1.97. The number of nitrogens with zero attached hydrogens (tertiary/aromatic N) is 1. The van der Waals surface area contributed by atoms with Crippen molar-refractivity contribution < 1.29 is 4.74 Å². The predicted molar refractivity (Wildman–Crippen MR) is 117 cm³/mol. The summed E-state index contributed by atoms with van der Waals surface area (Å²) in [5, 5.41) is 0.731. The number of rotatable bonds is 15. The Morgan fingerprint density at radius 3 is 2.08 bits per heavy atom. The van der Waals surface area contributed by atoms with Gasteiger partial charge in [-0.05, 0) is 30.5 Å². The van der Waals surface area contributed by atoms with Crippen molar-refractivity contribution in [2.24, 2.45) is 10.7 Å². The van der Waals surface area contributed by atoms with Crippen molar-refractivity contribution in [3.8, 4) is 5.75 Å². The molecule has 0 fully saturated rings. The highest BCUT2D eigenvalue weighted by atomic mass is 32.2. The normalized spacial score (nSPS) is 11.7. The number of benzene rings is 1. The van der Waals surface area contributed by atoms with Crippen LogP contribution in [0.15, 0.2) is 29.3 Å². The van der Waals surface area contributed by atoms with E-state index in [2.05, 4.69) is 24.0 Å². The summed E-state index contributed by atoms with van der Waals surface area (Å²) >= 11 is 1.70. The third-order valence-electron chi connectivity index (χ3n) is 4.58. The van der Waals surface area contributed by atoms with Crippen LogP contribution in [0.1, 0.15) is 76.7 Å². The monoisotopic (exact) mass is 378 g/mol. The van der Waals surface area contributed by atoms with Crippen molar-refractivity contribution >= 4 is 16.9 Å². The number of nitrogens with two attached hydrogens (primary N) is 1. The van der Waals surface area contributed by atoms with E-state index < -0.39 is 0 Å². The summed E-state index contributed by atoms with van der Waals surface area (Å²) in [6.45, 7) is 3.03. The van der Waals surface area contributed by atoms with Gasteiger partial charge in [0.2, 0.25) is 0 Å². The second-order valence-electron chi connectivity index (χ2n) is 6.85. The highest BCUT2D eigenvalue weighted by molar-refractivity contribution is 8.13. The van der Waals surface area contributed by atoms with Crippen molar-refractivity contribution in [3.05, 3.63) is 29.8 Å². The SMILES string of the molecule is CCCCCCCCCCCCSC(N)=NCCc1ccc(OC)cc1. The molecule has 1 rings (SSSR count). The minimum Gasteiger partial charge on any atom is -0.497 e. The Hall–Kier alpha value is -1.16. The van der Waals surface area contributed by atoms with E-state index in [1.807, 2.05) is 12.1 Å². The molecule has 148 valence electrons. The largest absolute Gasteiger partial charge is 0.497 e. The molecule has 0 aliphatic carbocycles. The molecule has 0 amide bonds. The van der Waals surface area contributed by atoms with E-state index in [0.717, 1.165) is 29.6 Å². The maximum atomic E-state index is 6.00. The van der Waals surface area contributed by atoms with Crippen LogP contribution >= 0.6 is 11.8 Å². The van der Waals surface area contributed by atoms with Gasteiger partial charge in [0.05, 0.1) is 7.11 Å². The van der Waals surface area contributed by atoms with Crippen LogP contribution in [0.3, 0.4) is 0 Å². The highest BCUT2D eigenvalue weighted by Crippen LogP contribution is 2.13. The van der Waals surface area contributed by atoms with Gasteiger partial charge in [0, 0.05) is 12.3 Å². The van der Waals surface area contributed by atoms with E-state index in [1.54, 1.807) is 18.9 Å². The minimum absolute atomic E-state index is 0.731. The molecule has 4 heteroatoms. The van der Waals surface area contributed by atoms with Crippen LogP contribution in [0.25, 0.3) is 0 Å². The molecule has 0 atom stereocenters. The number of aliphatic imine (C=N–C) groups is 1. The zero-order valence-corrected chi connectivity index (χ0v) is 17.7. The van der Waals surface area contributed by atoms with Gasteiger partial charge < -0.3 is 10.5 Å². The molecule has 0 spiro atoms. The summed E-state index contributed by atoms with van der Waals surface area (Å²) in [4.78, 5) is 4.47. The van der Waals surface area contributed by atoms with E-state index in [1.165, 1.54) is 69.8 Å². The zero-order valence-electron chi connectivity index (χ0n) is 16.8. The number of hydrogen-bond donors (Lipinski definition) is 1. The molecule has 0 unspecified atom stereocenters. The van der Waals surface area contributed by atoms with Crippen LogP contribution in [0.4, 0.5) is 0 Å². The summed E-state index contributed by atoms with van der Waals surface area (Å²) < 4.78 is 5.17. The molecule has 26 heavy (non-hydrogen) atoms. The van der Waals surface area contributed by atoms with E-state index in [0.29, 0.717) is 0 Å². The fourth-order valence-corrected chi connectivity index (χ4v) is 3.64. The minimum atomic E-state index is 0.731. The fraction of sp³-hybridized carbons (Fsp3) is 0.682. The molecule has 0 radical (unpaired) electrons. The molecule has 0 saturated carbocycles. The quantitative estimate of drug-likeness (QED) is 0.224. The van der Waals surface area contributed by atoms with Gasteiger partial charge in [-0.15, -0.1) is 0 Å². The number of hydrogen-bond acceptors (Lipinski definition) is 3. The second kappa shape index (κ2) is 16.0. The van der Waals surface area contributed by atoms with Gasteiger partial charge >= 0.3 is 0 Å². The van der Waals surface area contributed by atoms with E-state index in [4.69, 9.17) is 10.5 Å². The van der Waals surface area contributed by atoms with Crippen LogP contribution in [0.2, 0.25) is 0 Å². The van der Waals surface area contributed by atoms with Gasteiger partial charge in [0.25, 0.3) is 0 Å². The van der Waals surface area contributed by atoms with Crippen molar-refractivity contribution in [3.63, 3.8) is 0 Å². The molecule has 2 N–H and O–H groups in total. The molecule has 1 aromatic rings. The predicted octanol–water partition coefficient (Wildman–Crippen LogP) is 6.21. The molecular formula is C22H38N2OS. The Kier molecular flexibility index (Phi) is 14.1. The van der Waals surface area contributed by atoms with Gasteiger partial charge in [-0.1, -0.05) is 88.6 Å². The molecule has 0 aliphatic heterocycles. The first-order valence-corrected chi connectivity index (χ1v) is 11.3. The number of amidine groups is 1. The second-order valence-corrected chi connectivity index (χ2v) is 7.96. The average Bonchev–Trinajstić information content (AvgIpc) is 2.66. The van der Waals surface area contributed by atoms with Gasteiger partial charge in [-0.3, -0.25) is 4.99 Å². The van der Waals surface area contributed by atoms with Crippen LogP contribution < -0.4 is 10.5 Å².